The minimum absolute atomic E-state index is 0.0113. The number of pyridine rings is 1. The molecule has 4 heteroatoms. The predicted molar refractivity (Wildman–Crippen MR) is 71.7 cm³/mol. The molecule has 0 saturated carbocycles. The Labute approximate surface area is 110 Å². The summed E-state index contributed by atoms with van der Waals surface area (Å²) < 4.78 is 1.77. The van der Waals surface area contributed by atoms with Gasteiger partial charge in [0.2, 0.25) is 0 Å². The van der Waals surface area contributed by atoms with Crippen LogP contribution >= 0.6 is 11.6 Å². The van der Waals surface area contributed by atoms with Crippen molar-refractivity contribution in [3.05, 3.63) is 63.6 Å². The number of aryl methyl sites for hydroxylation is 2. The SMILES string of the molecule is Cc1ccc(-n2cc(C(=O)Cl)c(=O)cc2C)cc1. The lowest BCUT2D eigenvalue weighted by Crippen LogP contribution is -2.16. The summed E-state index contributed by atoms with van der Waals surface area (Å²) in [4.78, 5) is 22.8. The topological polar surface area (TPSA) is 39.1 Å². The molecule has 0 amide bonds. The van der Waals surface area contributed by atoms with Gasteiger partial charge < -0.3 is 4.57 Å². The lowest BCUT2D eigenvalue weighted by atomic mass is 10.2. The van der Waals surface area contributed by atoms with E-state index in [0.717, 1.165) is 16.9 Å². The second-order valence-corrected chi connectivity index (χ2v) is 4.52. The fourth-order valence-corrected chi connectivity index (χ4v) is 1.90. The molecule has 0 saturated heterocycles. The van der Waals surface area contributed by atoms with Crippen molar-refractivity contribution in [2.75, 3.05) is 0 Å². The third kappa shape index (κ3) is 2.36. The minimum Gasteiger partial charge on any atom is -0.320 e. The Balaban J connectivity index is 2.64. The summed E-state index contributed by atoms with van der Waals surface area (Å²) in [6.45, 7) is 3.81. The van der Waals surface area contributed by atoms with E-state index in [2.05, 4.69) is 0 Å². The largest absolute Gasteiger partial charge is 0.320 e. The molecule has 0 fully saturated rings. The van der Waals surface area contributed by atoms with E-state index in [0.29, 0.717) is 0 Å². The number of rotatable bonds is 2. The molecule has 0 radical (unpaired) electrons. The molecular weight excluding hydrogens is 250 g/mol. The Kier molecular flexibility index (Phi) is 3.34. The number of benzene rings is 1. The minimum atomic E-state index is -0.735. The smallest absolute Gasteiger partial charge is 0.257 e. The molecule has 0 aliphatic rings. The van der Waals surface area contributed by atoms with E-state index in [9.17, 15) is 9.59 Å². The summed E-state index contributed by atoms with van der Waals surface area (Å²) in [6.07, 6.45) is 1.48. The van der Waals surface area contributed by atoms with E-state index in [-0.39, 0.29) is 11.0 Å². The highest BCUT2D eigenvalue weighted by Gasteiger charge is 2.10. The summed E-state index contributed by atoms with van der Waals surface area (Å²) in [5.74, 6) is 0. The number of carbonyl (C=O) groups is 1. The maximum absolute atomic E-state index is 11.6. The van der Waals surface area contributed by atoms with Gasteiger partial charge in [-0.3, -0.25) is 9.59 Å². The predicted octanol–water partition coefficient (Wildman–Crippen LogP) is 2.83. The normalized spacial score (nSPS) is 10.4. The number of halogens is 1. The molecule has 0 atom stereocenters. The molecule has 18 heavy (non-hydrogen) atoms. The van der Waals surface area contributed by atoms with E-state index >= 15 is 0 Å². The van der Waals surface area contributed by atoms with E-state index in [1.165, 1.54) is 12.3 Å². The van der Waals surface area contributed by atoms with Gasteiger partial charge in [0.1, 0.15) is 0 Å². The van der Waals surface area contributed by atoms with Gasteiger partial charge in [0.25, 0.3) is 5.24 Å². The highest BCUT2D eigenvalue weighted by Crippen LogP contribution is 2.12. The summed E-state index contributed by atoms with van der Waals surface area (Å²) in [5.41, 5.74) is 2.42. The standard InChI is InChI=1S/C14H12ClNO2/c1-9-3-5-11(6-4-9)16-8-12(14(15)18)13(17)7-10(16)2/h3-8H,1-2H3. The van der Waals surface area contributed by atoms with Gasteiger partial charge >= 0.3 is 0 Å². The first-order chi connectivity index (χ1) is 8.49. The quantitative estimate of drug-likeness (QED) is 0.780. The average Bonchev–Trinajstić information content (AvgIpc) is 2.30. The van der Waals surface area contributed by atoms with Crippen LogP contribution < -0.4 is 5.43 Å². The van der Waals surface area contributed by atoms with Crippen LogP contribution in [0.4, 0.5) is 0 Å². The van der Waals surface area contributed by atoms with Crippen LogP contribution in [0.25, 0.3) is 5.69 Å². The molecule has 3 nitrogen and oxygen atoms in total. The summed E-state index contributed by atoms with van der Waals surface area (Å²) in [6, 6.07) is 9.20. The lowest BCUT2D eigenvalue weighted by molar-refractivity contribution is 0.108. The fourth-order valence-electron chi connectivity index (χ4n) is 1.76. The summed E-state index contributed by atoms with van der Waals surface area (Å²) >= 11 is 5.39. The van der Waals surface area contributed by atoms with Gasteiger partial charge in [-0.2, -0.15) is 0 Å². The number of hydrogen-bond donors (Lipinski definition) is 0. The third-order valence-electron chi connectivity index (χ3n) is 2.77. The number of nitrogens with zero attached hydrogens (tertiary/aromatic N) is 1. The third-order valence-corrected chi connectivity index (χ3v) is 2.97. The van der Waals surface area contributed by atoms with Crippen molar-refractivity contribution >= 4 is 16.8 Å². The number of hydrogen-bond acceptors (Lipinski definition) is 2. The van der Waals surface area contributed by atoms with Crippen LogP contribution in [-0.4, -0.2) is 9.81 Å². The Bertz CT molecular complexity index is 656. The Morgan fingerprint density at radius 2 is 1.78 bits per heavy atom. The average molecular weight is 262 g/mol. The first-order valence-corrected chi connectivity index (χ1v) is 5.87. The van der Waals surface area contributed by atoms with Gasteiger partial charge in [0.05, 0.1) is 5.56 Å². The molecule has 0 N–H and O–H groups in total. The van der Waals surface area contributed by atoms with Crippen LogP contribution in [-0.2, 0) is 0 Å². The zero-order valence-corrected chi connectivity index (χ0v) is 10.9. The van der Waals surface area contributed by atoms with Crippen molar-refractivity contribution in [1.82, 2.24) is 4.57 Å². The second-order valence-electron chi connectivity index (χ2n) is 4.17. The second kappa shape index (κ2) is 4.78. The molecule has 0 bridgehead atoms. The Morgan fingerprint density at radius 1 is 1.17 bits per heavy atom. The molecule has 2 aromatic rings. The van der Waals surface area contributed by atoms with Crippen molar-refractivity contribution in [2.24, 2.45) is 0 Å². The monoisotopic (exact) mass is 261 g/mol. The van der Waals surface area contributed by atoms with Crippen LogP contribution in [0.1, 0.15) is 21.6 Å². The summed E-state index contributed by atoms with van der Waals surface area (Å²) in [5, 5.41) is -0.735. The molecule has 1 heterocycles. The Hall–Kier alpha value is -1.87. The van der Waals surface area contributed by atoms with Gasteiger partial charge in [-0.1, -0.05) is 17.7 Å². The molecule has 0 aliphatic heterocycles. The van der Waals surface area contributed by atoms with Crippen molar-refractivity contribution in [1.29, 1.82) is 0 Å². The van der Waals surface area contributed by atoms with Crippen molar-refractivity contribution in [3.63, 3.8) is 0 Å². The van der Waals surface area contributed by atoms with Gasteiger partial charge in [0, 0.05) is 23.6 Å². The zero-order valence-electron chi connectivity index (χ0n) is 10.1. The van der Waals surface area contributed by atoms with Crippen LogP contribution in [0.15, 0.2) is 41.3 Å². The lowest BCUT2D eigenvalue weighted by Gasteiger charge is -2.11. The van der Waals surface area contributed by atoms with Gasteiger partial charge in [-0.25, -0.2) is 0 Å². The maximum Gasteiger partial charge on any atom is 0.257 e. The van der Waals surface area contributed by atoms with E-state index in [4.69, 9.17) is 11.6 Å². The molecule has 0 unspecified atom stereocenters. The van der Waals surface area contributed by atoms with Crippen molar-refractivity contribution < 1.29 is 4.79 Å². The van der Waals surface area contributed by atoms with Crippen LogP contribution in [0.5, 0.6) is 0 Å². The van der Waals surface area contributed by atoms with Crippen molar-refractivity contribution in [3.8, 4) is 5.69 Å². The van der Waals surface area contributed by atoms with Gasteiger partial charge in [-0.05, 0) is 37.6 Å². The van der Waals surface area contributed by atoms with Crippen LogP contribution in [0, 0.1) is 13.8 Å². The molecular formula is C14H12ClNO2. The van der Waals surface area contributed by atoms with Crippen LogP contribution in [0.3, 0.4) is 0 Å². The summed E-state index contributed by atoms with van der Waals surface area (Å²) in [7, 11) is 0. The van der Waals surface area contributed by atoms with E-state index in [1.54, 1.807) is 4.57 Å². The molecule has 1 aromatic heterocycles. The zero-order chi connectivity index (χ0) is 13.3. The van der Waals surface area contributed by atoms with E-state index in [1.807, 2.05) is 38.1 Å². The Morgan fingerprint density at radius 3 is 2.33 bits per heavy atom. The van der Waals surface area contributed by atoms with Crippen molar-refractivity contribution in [2.45, 2.75) is 13.8 Å². The molecule has 0 aliphatic carbocycles. The van der Waals surface area contributed by atoms with E-state index < -0.39 is 5.24 Å². The maximum atomic E-state index is 11.6. The highest BCUT2D eigenvalue weighted by atomic mass is 35.5. The number of carbonyl (C=O) groups excluding carboxylic acids is 1. The number of aromatic nitrogens is 1. The molecule has 92 valence electrons. The molecule has 0 spiro atoms. The highest BCUT2D eigenvalue weighted by molar-refractivity contribution is 6.67. The first-order valence-electron chi connectivity index (χ1n) is 5.49. The fraction of sp³-hybridized carbons (Fsp3) is 0.143. The van der Waals surface area contributed by atoms with Gasteiger partial charge in [-0.15, -0.1) is 0 Å². The molecule has 2 rings (SSSR count). The first kappa shape index (κ1) is 12.6. The van der Waals surface area contributed by atoms with Gasteiger partial charge in [0.15, 0.2) is 5.43 Å². The molecule has 1 aromatic carbocycles. The van der Waals surface area contributed by atoms with Crippen LogP contribution in [0.2, 0.25) is 0 Å².